The molecule has 1 unspecified atom stereocenters. The van der Waals surface area contributed by atoms with Crippen molar-refractivity contribution in [2.75, 3.05) is 6.54 Å². The van der Waals surface area contributed by atoms with Crippen LogP contribution in [0.1, 0.15) is 66.8 Å². The Morgan fingerprint density at radius 1 is 1.21 bits per heavy atom. The molecule has 1 nitrogen and oxygen atoms in total. The first-order chi connectivity index (χ1) is 9.22. The van der Waals surface area contributed by atoms with Gasteiger partial charge in [-0.25, -0.2) is 0 Å². The molecule has 0 saturated heterocycles. The Bertz CT molecular complexity index is 411. The fraction of sp³-hybridized carbons (Fsp3) is 0.647. The summed E-state index contributed by atoms with van der Waals surface area (Å²) in [6.45, 7) is 7.71. The lowest BCUT2D eigenvalue weighted by Gasteiger charge is -2.22. The summed E-state index contributed by atoms with van der Waals surface area (Å²) >= 11 is 1.96. The highest BCUT2D eigenvalue weighted by Crippen LogP contribution is 2.34. The van der Waals surface area contributed by atoms with Crippen molar-refractivity contribution in [3.8, 4) is 0 Å². The molecule has 1 N–H and O–H groups in total. The van der Waals surface area contributed by atoms with Crippen LogP contribution in [0.15, 0.2) is 17.7 Å². The number of nitrogens with one attached hydrogen (secondary N) is 1. The van der Waals surface area contributed by atoms with Gasteiger partial charge >= 0.3 is 0 Å². The summed E-state index contributed by atoms with van der Waals surface area (Å²) in [5.74, 6) is 0. The van der Waals surface area contributed by atoms with Gasteiger partial charge in [-0.1, -0.05) is 31.4 Å². The van der Waals surface area contributed by atoms with Gasteiger partial charge in [0.2, 0.25) is 0 Å². The second-order valence-electron chi connectivity index (χ2n) is 5.61. The molecule has 106 valence electrons. The predicted octanol–water partition coefficient (Wildman–Crippen LogP) is 5.30. The number of aryl methyl sites for hydroxylation is 2. The van der Waals surface area contributed by atoms with Gasteiger partial charge in [-0.15, -0.1) is 11.3 Å². The Kier molecular flexibility index (Phi) is 5.65. The van der Waals surface area contributed by atoms with Crippen molar-refractivity contribution < 1.29 is 0 Å². The Morgan fingerprint density at radius 2 is 2.00 bits per heavy atom. The number of hydrogen-bond donors (Lipinski definition) is 1. The maximum Gasteiger partial charge on any atom is 0.0630 e. The van der Waals surface area contributed by atoms with E-state index in [1.807, 2.05) is 11.3 Å². The van der Waals surface area contributed by atoms with Crippen LogP contribution in [0.2, 0.25) is 0 Å². The first kappa shape index (κ1) is 14.8. The first-order valence-electron chi connectivity index (χ1n) is 7.71. The summed E-state index contributed by atoms with van der Waals surface area (Å²) in [7, 11) is 0. The molecule has 0 bridgehead atoms. The SMILES string of the molecule is CCNC(C1=CCCCCCC1)c1cc(C)c(C)s1. The van der Waals surface area contributed by atoms with Crippen LogP contribution in [0.4, 0.5) is 0 Å². The minimum absolute atomic E-state index is 0.459. The maximum absolute atomic E-state index is 3.70. The lowest BCUT2D eigenvalue weighted by atomic mass is 9.94. The van der Waals surface area contributed by atoms with Crippen molar-refractivity contribution in [1.29, 1.82) is 0 Å². The zero-order valence-electron chi connectivity index (χ0n) is 12.6. The quantitative estimate of drug-likeness (QED) is 0.737. The van der Waals surface area contributed by atoms with Crippen LogP contribution < -0.4 is 5.32 Å². The summed E-state index contributed by atoms with van der Waals surface area (Å²) in [5.41, 5.74) is 3.07. The number of thiophene rings is 1. The van der Waals surface area contributed by atoms with E-state index in [0.29, 0.717) is 6.04 Å². The van der Waals surface area contributed by atoms with E-state index >= 15 is 0 Å². The predicted molar refractivity (Wildman–Crippen MR) is 86.0 cm³/mol. The van der Waals surface area contributed by atoms with Gasteiger partial charge in [0.1, 0.15) is 0 Å². The van der Waals surface area contributed by atoms with E-state index in [4.69, 9.17) is 0 Å². The molecule has 1 aromatic heterocycles. The van der Waals surface area contributed by atoms with Crippen LogP contribution >= 0.6 is 11.3 Å². The van der Waals surface area contributed by atoms with Gasteiger partial charge in [-0.3, -0.25) is 0 Å². The van der Waals surface area contributed by atoms with Crippen molar-refractivity contribution in [1.82, 2.24) is 5.32 Å². The third-order valence-electron chi connectivity index (χ3n) is 4.07. The second kappa shape index (κ2) is 7.25. The highest BCUT2D eigenvalue weighted by molar-refractivity contribution is 7.12. The summed E-state index contributed by atoms with van der Waals surface area (Å²) in [6, 6.07) is 2.84. The Balaban J connectivity index is 2.22. The fourth-order valence-electron chi connectivity index (χ4n) is 2.84. The van der Waals surface area contributed by atoms with Crippen molar-refractivity contribution >= 4 is 11.3 Å². The molecule has 1 heterocycles. The molecule has 0 spiro atoms. The molecular formula is C17H27NS. The van der Waals surface area contributed by atoms with E-state index in [2.05, 4.69) is 38.2 Å². The highest BCUT2D eigenvalue weighted by Gasteiger charge is 2.18. The summed E-state index contributed by atoms with van der Waals surface area (Å²) in [6.07, 6.45) is 10.6. The van der Waals surface area contributed by atoms with Gasteiger partial charge < -0.3 is 5.32 Å². The summed E-state index contributed by atoms with van der Waals surface area (Å²) < 4.78 is 0. The van der Waals surface area contributed by atoms with E-state index in [-0.39, 0.29) is 0 Å². The van der Waals surface area contributed by atoms with E-state index in [0.717, 1.165) is 6.54 Å². The Labute approximate surface area is 122 Å². The second-order valence-corrected chi connectivity index (χ2v) is 6.90. The first-order valence-corrected chi connectivity index (χ1v) is 8.53. The number of hydrogen-bond acceptors (Lipinski definition) is 2. The van der Waals surface area contributed by atoms with E-state index in [1.54, 1.807) is 5.57 Å². The monoisotopic (exact) mass is 277 g/mol. The Hall–Kier alpha value is -0.600. The largest absolute Gasteiger partial charge is 0.306 e. The van der Waals surface area contributed by atoms with Gasteiger partial charge in [-0.05, 0) is 57.7 Å². The molecule has 0 fully saturated rings. The molecule has 1 aromatic rings. The average Bonchev–Trinajstić information content (AvgIpc) is 2.67. The van der Waals surface area contributed by atoms with Crippen molar-refractivity contribution in [2.24, 2.45) is 0 Å². The topological polar surface area (TPSA) is 12.0 Å². The van der Waals surface area contributed by atoms with Crippen LogP contribution in [0.5, 0.6) is 0 Å². The minimum Gasteiger partial charge on any atom is -0.306 e. The maximum atomic E-state index is 3.70. The Morgan fingerprint density at radius 3 is 2.68 bits per heavy atom. The highest BCUT2D eigenvalue weighted by atomic mass is 32.1. The van der Waals surface area contributed by atoms with E-state index < -0.39 is 0 Å². The van der Waals surface area contributed by atoms with E-state index in [1.165, 1.54) is 53.8 Å². The molecule has 0 radical (unpaired) electrons. The molecule has 0 aromatic carbocycles. The van der Waals surface area contributed by atoms with Crippen LogP contribution in [-0.2, 0) is 0 Å². The van der Waals surface area contributed by atoms with Crippen LogP contribution in [0, 0.1) is 13.8 Å². The molecule has 0 saturated carbocycles. The molecule has 2 heteroatoms. The van der Waals surface area contributed by atoms with Crippen LogP contribution in [-0.4, -0.2) is 6.54 Å². The van der Waals surface area contributed by atoms with Gasteiger partial charge in [0, 0.05) is 9.75 Å². The zero-order chi connectivity index (χ0) is 13.7. The lowest BCUT2D eigenvalue weighted by Crippen LogP contribution is -2.22. The molecule has 1 aliphatic rings. The average molecular weight is 277 g/mol. The van der Waals surface area contributed by atoms with Crippen molar-refractivity contribution in [2.45, 2.75) is 65.3 Å². The van der Waals surface area contributed by atoms with Crippen LogP contribution in [0.25, 0.3) is 0 Å². The molecule has 2 rings (SSSR count). The summed E-state index contributed by atoms with van der Waals surface area (Å²) in [5, 5.41) is 3.70. The van der Waals surface area contributed by atoms with Crippen LogP contribution in [0.3, 0.4) is 0 Å². The van der Waals surface area contributed by atoms with E-state index in [9.17, 15) is 0 Å². The van der Waals surface area contributed by atoms with Crippen molar-refractivity contribution in [3.63, 3.8) is 0 Å². The zero-order valence-corrected chi connectivity index (χ0v) is 13.4. The number of rotatable bonds is 4. The normalized spacial score (nSPS) is 18.6. The number of allylic oxidation sites excluding steroid dienone is 1. The molecular weight excluding hydrogens is 250 g/mol. The standard InChI is InChI=1S/C17H27NS/c1-4-18-17(16-12-13(2)14(3)19-16)15-10-8-6-5-7-9-11-15/h10,12,17-18H,4-9,11H2,1-3H3. The summed E-state index contributed by atoms with van der Waals surface area (Å²) in [4.78, 5) is 2.97. The third-order valence-corrected chi connectivity index (χ3v) is 5.29. The lowest BCUT2D eigenvalue weighted by molar-refractivity contribution is 0.558. The van der Waals surface area contributed by atoms with Gasteiger partial charge in [0.25, 0.3) is 0 Å². The van der Waals surface area contributed by atoms with Gasteiger partial charge in [0.05, 0.1) is 6.04 Å². The van der Waals surface area contributed by atoms with Gasteiger partial charge in [0.15, 0.2) is 0 Å². The molecule has 19 heavy (non-hydrogen) atoms. The van der Waals surface area contributed by atoms with Crippen molar-refractivity contribution in [3.05, 3.63) is 33.0 Å². The molecule has 0 aliphatic heterocycles. The molecule has 0 amide bonds. The fourth-order valence-corrected chi connectivity index (χ4v) is 4.00. The smallest absolute Gasteiger partial charge is 0.0630 e. The molecule has 1 aliphatic carbocycles. The third kappa shape index (κ3) is 3.93. The number of likely N-dealkylation sites (N-methyl/N-ethyl adjacent to an activating group) is 1. The van der Waals surface area contributed by atoms with Gasteiger partial charge in [-0.2, -0.15) is 0 Å². The minimum atomic E-state index is 0.459. The molecule has 1 atom stereocenters.